The molecule has 0 saturated carbocycles. The number of aromatic amines is 1. The van der Waals surface area contributed by atoms with E-state index in [1.165, 1.54) is 6.07 Å². The number of hydrogen-bond acceptors (Lipinski definition) is 3. The van der Waals surface area contributed by atoms with E-state index in [9.17, 15) is 9.90 Å². The van der Waals surface area contributed by atoms with Crippen molar-refractivity contribution in [2.75, 3.05) is 0 Å². The van der Waals surface area contributed by atoms with Crippen LogP contribution in [-0.4, -0.2) is 16.2 Å². The Kier molecular flexibility index (Phi) is 1.92. The molecule has 0 unspecified atom stereocenters. The molecule has 0 radical (unpaired) electrons. The van der Waals surface area contributed by atoms with Gasteiger partial charge in [-0.2, -0.15) is 5.10 Å². The van der Waals surface area contributed by atoms with E-state index in [1.807, 2.05) is 20.8 Å². The first kappa shape index (κ1) is 8.77. The average molecular weight is 167 g/mol. The molecule has 0 amide bonds. The van der Waals surface area contributed by atoms with Crippen LogP contribution in [0, 0.1) is 0 Å². The van der Waals surface area contributed by atoms with Crippen LogP contribution in [0.3, 0.4) is 0 Å². The Labute approximate surface area is 70.6 Å². The highest BCUT2D eigenvalue weighted by Gasteiger charge is 2.16. The molecule has 4 heteroatoms. The van der Waals surface area contributed by atoms with Crippen LogP contribution >= 0.6 is 0 Å². The average Bonchev–Trinajstić information content (AvgIpc) is 2.30. The molecule has 0 saturated heterocycles. The number of carboxylic acids is 1. The lowest BCUT2D eigenvalue weighted by atomic mass is 9.92. The lowest BCUT2D eigenvalue weighted by molar-refractivity contribution is -0.255. The smallest absolute Gasteiger partial charge is 0.108 e. The normalized spacial score (nSPS) is 11.6. The van der Waals surface area contributed by atoms with Crippen molar-refractivity contribution in [2.24, 2.45) is 0 Å². The number of aromatic carboxylic acids is 1. The lowest BCUT2D eigenvalue weighted by Gasteiger charge is -2.14. The van der Waals surface area contributed by atoms with E-state index >= 15 is 0 Å². The minimum absolute atomic E-state index is 0.0417. The molecular weight excluding hydrogens is 156 g/mol. The van der Waals surface area contributed by atoms with Crippen molar-refractivity contribution in [1.29, 1.82) is 0 Å². The summed E-state index contributed by atoms with van der Waals surface area (Å²) in [6.07, 6.45) is 0. The van der Waals surface area contributed by atoms with Gasteiger partial charge in [-0.3, -0.25) is 5.10 Å². The molecule has 1 aromatic heterocycles. The predicted molar refractivity (Wildman–Crippen MR) is 41.6 cm³/mol. The summed E-state index contributed by atoms with van der Waals surface area (Å²) in [5.74, 6) is -1.25. The van der Waals surface area contributed by atoms with Gasteiger partial charge in [0.2, 0.25) is 0 Å². The van der Waals surface area contributed by atoms with Crippen molar-refractivity contribution in [3.63, 3.8) is 0 Å². The fraction of sp³-hybridized carbons (Fsp3) is 0.500. The zero-order chi connectivity index (χ0) is 9.35. The number of nitrogens with one attached hydrogen (secondary N) is 1. The third-order valence-corrected chi connectivity index (χ3v) is 1.60. The number of nitrogens with zero attached hydrogens (tertiary/aromatic N) is 1. The summed E-state index contributed by atoms with van der Waals surface area (Å²) in [7, 11) is 0. The Morgan fingerprint density at radius 1 is 1.58 bits per heavy atom. The Balaban J connectivity index is 3.00. The molecule has 0 bridgehead atoms. The van der Waals surface area contributed by atoms with Gasteiger partial charge < -0.3 is 9.90 Å². The third-order valence-electron chi connectivity index (χ3n) is 1.60. The zero-order valence-corrected chi connectivity index (χ0v) is 7.34. The molecule has 0 spiro atoms. The number of H-pyrrole nitrogens is 1. The summed E-state index contributed by atoms with van der Waals surface area (Å²) in [4.78, 5) is 10.3. The summed E-state index contributed by atoms with van der Waals surface area (Å²) < 4.78 is 0. The number of carboxylic acid groups (broad SMARTS) is 1. The lowest BCUT2D eigenvalue weighted by Crippen LogP contribution is -2.22. The third kappa shape index (κ3) is 1.64. The number of carbonyl (C=O) groups is 1. The maximum Gasteiger partial charge on any atom is 0.108 e. The van der Waals surface area contributed by atoms with Gasteiger partial charge in [-0.05, 0) is 6.07 Å². The van der Waals surface area contributed by atoms with E-state index in [2.05, 4.69) is 10.2 Å². The van der Waals surface area contributed by atoms with Crippen molar-refractivity contribution in [1.82, 2.24) is 10.2 Å². The quantitative estimate of drug-likeness (QED) is 0.643. The van der Waals surface area contributed by atoms with Gasteiger partial charge in [0.1, 0.15) is 5.69 Å². The van der Waals surface area contributed by atoms with Crippen molar-refractivity contribution >= 4 is 5.97 Å². The number of aromatic nitrogens is 2. The minimum Gasteiger partial charge on any atom is -0.543 e. The first-order valence-electron chi connectivity index (χ1n) is 3.68. The number of rotatable bonds is 1. The predicted octanol–water partition coefficient (Wildman–Crippen LogP) is 0.0707. The van der Waals surface area contributed by atoms with E-state index < -0.39 is 5.97 Å². The largest absolute Gasteiger partial charge is 0.543 e. The molecule has 0 aliphatic heterocycles. The van der Waals surface area contributed by atoms with Crippen molar-refractivity contribution in [2.45, 2.75) is 26.2 Å². The van der Waals surface area contributed by atoms with Crippen LogP contribution in [-0.2, 0) is 5.41 Å². The van der Waals surface area contributed by atoms with Gasteiger partial charge in [0, 0.05) is 11.1 Å². The van der Waals surface area contributed by atoms with Crippen molar-refractivity contribution in [3.8, 4) is 0 Å². The molecule has 0 aliphatic rings. The van der Waals surface area contributed by atoms with Crippen molar-refractivity contribution < 1.29 is 9.90 Å². The fourth-order valence-corrected chi connectivity index (χ4v) is 0.811. The van der Waals surface area contributed by atoms with Gasteiger partial charge in [0.25, 0.3) is 0 Å². The molecule has 4 nitrogen and oxygen atoms in total. The molecule has 0 aliphatic carbocycles. The SMILES string of the molecule is CC(C)(C)c1cc(C(=O)[O-])n[nH]1. The fourth-order valence-electron chi connectivity index (χ4n) is 0.811. The molecular formula is C8H11N2O2-. The minimum atomic E-state index is -1.25. The standard InChI is InChI=1S/C8H12N2O2/c1-8(2,3)6-4-5(7(11)12)9-10-6/h4H,1-3H3,(H,9,10)(H,11,12)/p-1. The van der Waals surface area contributed by atoms with Gasteiger partial charge in [-0.1, -0.05) is 20.8 Å². The van der Waals surface area contributed by atoms with Gasteiger partial charge in [0.15, 0.2) is 0 Å². The first-order chi connectivity index (χ1) is 5.41. The van der Waals surface area contributed by atoms with Crippen LogP contribution < -0.4 is 5.11 Å². The Hall–Kier alpha value is -1.32. The first-order valence-corrected chi connectivity index (χ1v) is 3.68. The maximum atomic E-state index is 10.3. The number of hydrogen-bond donors (Lipinski definition) is 1. The molecule has 1 aromatic rings. The van der Waals surface area contributed by atoms with E-state index in [1.54, 1.807) is 0 Å². The molecule has 0 aromatic carbocycles. The van der Waals surface area contributed by atoms with Crippen LogP contribution in [0.25, 0.3) is 0 Å². The van der Waals surface area contributed by atoms with E-state index in [4.69, 9.17) is 0 Å². The summed E-state index contributed by atoms with van der Waals surface area (Å²) >= 11 is 0. The summed E-state index contributed by atoms with van der Waals surface area (Å²) in [5, 5.41) is 16.6. The molecule has 12 heavy (non-hydrogen) atoms. The Morgan fingerprint density at radius 2 is 2.17 bits per heavy atom. The summed E-state index contributed by atoms with van der Waals surface area (Å²) in [6, 6.07) is 1.50. The molecule has 0 atom stereocenters. The van der Waals surface area contributed by atoms with Crippen molar-refractivity contribution in [3.05, 3.63) is 17.5 Å². The molecule has 66 valence electrons. The van der Waals surface area contributed by atoms with Crippen LogP contribution in [0.4, 0.5) is 0 Å². The van der Waals surface area contributed by atoms with Gasteiger partial charge in [-0.15, -0.1) is 0 Å². The zero-order valence-electron chi connectivity index (χ0n) is 7.34. The van der Waals surface area contributed by atoms with E-state index in [0.717, 1.165) is 5.69 Å². The van der Waals surface area contributed by atoms with Gasteiger partial charge >= 0.3 is 0 Å². The second-order valence-electron chi connectivity index (χ2n) is 3.70. The molecule has 0 fully saturated rings. The van der Waals surface area contributed by atoms with Crippen LogP contribution in [0.2, 0.25) is 0 Å². The second-order valence-corrected chi connectivity index (χ2v) is 3.70. The van der Waals surface area contributed by atoms with E-state index in [-0.39, 0.29) is 11.1 Å². The highest BCUT2D eigenvalue weighted by Crippen LogP contribution is 2.19. The van der Waals surface area contributed by atoms with Crippen LogP contribution in [0.1, 0.15) is 37.0 Å². The van der Waals surface area contributed by atoms with Gasteiger partial charge in [0.05, 0.1) is 5.97 Å². The highest BCUT2D eigenvalue weighted by atomic mass is 16.4. The second kappa shape index (κ2) is 2.62. The molecule has 1 N–H and O–H groups in total. The van der Waals surface area contributed by atoms with Crippen LogP contribution in [0.15, 0.2) is 6.07 Å². The molecule has 1 rings (SSSR count). The monoisotopic (exact) mass is 167 g/mol. The summed E-state index contributed by atoms with van der Waals surface area (Å²) in [6.45, 7) is 5.92. The van der Waals surface area contributed by atoms with Gasteiger partial charge in [-0.25, -0.2) is 0 Å². The Morgan fingerprint density at radius 3 is 2.42 bits per heavy atom. The maximum absolute atomic E-state index is 10.3. The Bertz CT molecular complexity index is 296. The summed E-state index contributed by atoms with van der Waals surface area (Å²) in [5.41, 5.74) is 0.641. The molecule has 1 heterocycles. The highest BCUT2D eigenvalue weighted by molar-refractivity contribution is 5.83. The van der Waals surface area contributed by atoms with Crippen LogP contribution in [0.5, 0.6) is 0 Å². The number of carbonyl (C=O) groups excluding carboxylic acids is 1. The van der Waals surface area contributed by atoms with E-state index in [0.29, 0.717) is 0 Å². The topological polar surface area (TPSA) is 68.8 Å².